The van der Waals surface area contributed by atoms with E-state index in [1.54, 1.807) is 12.1 Å². The van der Waals surface area contributed by atoms with Crippen molar-refractivity contribution < 1.29 is 13.2 Å². The number of hydrogen-bond acceptors (Lipinski definition) is 2. The number of benzene rings is 1. The number of nitrogens with two attached hydrogens (primary N) is 1. The first-order valence-electron chi connectivity index (χ1n) is 6.58. The summed E-state index contributed by atoms with van der Waals surface area (Å²) >= 11 is 0. The van der Waals surface area contributed by atoms with Crippen molar-refractivity contribution in [3.63, 3.8) is 0 Å². The molecule has 0 bridgehead atoms. The normalized spacial score (nSPS) is 13.1. The van der Waals surface area contributed by atoms with Crippen LogP contribution in [0.15, 0.2) is 18.2 Å². The van der Waals surface area contributed by atoms with Gasteiger partial charge in [-0.25, -0.2) is 4.98 Å². The molecule has 2 N–H and O–H groups in total. The summed E-state index contributed by atoms with van der Waals surface area (Å²) in [6.07, 6.45) is -3.32. The molecule has 20 heavy (non-hydrogen) atoms. The lowest BCUT2D eigenvalue weighted by Crippen LogP contribution is -2.32. The van der Waals surface area contributed by atoms with Crippen molar-refractivity contribution in [2.75, 3.05) is 5.73 Å². The molecule has 1 heterocycles. The molecule has 0 spiro atoms. The number of alkyl halides is 3. The maximum absolute atomic E-state index is 13.3. The van der Waals surface area contributed by atoms with Gasteiger partial charge in [0, 0.05) is 11.2 Å². The Morgan fingerprint density at radius 1 is 1.20 bits per heavy atom. The smallest absolute Gasteiger partial charge is 0.399 e. The van der Waals surface area contributed by atoms with Gasteiger partial charge in [0.05, 0.1) is 11.0 Å². The first-order chi connectivity index (χ1) is 9.23. The van der Waals surface area contributed by atoms with Crippen LogP contribution in [-0.4, -0.2) is 9.55 Å². The Morgan fingerprint density at radius 3 is 2.30 bits per heavy atom. The van der Waals surface area contributed by atoms with Crippen LogP contribution in [0.3, 0.4) is 0 Å². The molecule has 0 aliphatic heterocycles. The van der Waals surface area contributed by atoms with Gasteiger partial charge in [-0.05, 0) is 38.0 Å². The van der Waals surface area contributed by atoms with Crippen LogP contribution in [0.4, 0.5) is 18.9 Å². The van der Waals surface area contributed by atoms with E-state index in [-0.39, 0.29) is 5.52 Å². The third kappa shape index (κ3) is 2.23. The predicted molar refractivity (Wildman–Crippen MR) is 73.4 cm³/mol. The van der Waals surface area contributed by atoms with Gasteiger partial charge in [-0.15, -0.1) is 0 Å². The second kappa shape index (κ2) is 4.68. The van der Waals surface area contributed by atoms with Gasteiger partial charge in [0.25, 0.3) is 0 Å². The van der Waals surface area contributed by atoms with Gasteiger partial charge in [0.1, 0.15) is 0 Å². The van der Waals surface area contributed by atoms with Crippen LogP contribution in [0.1, 0.15) is 39.4 Å². The quantitative estimate of drug-likeness (QED) is 0.860. The van der Waals surface area contributed by atoms with Gasteiger partial charge in [0.2, 0.25) is 5.82 Å². The Bertz CT molecular complexity index is 624. The largest absolute Gasteiger partial charge is 0.449 e. The number of aromatic nitrogens is 2. The van der Waals surface area contributed by atoms with Crippen LogP contribution in [0.25, 0.3) is 11.0 Å². The maximum Gasteiger partial charge on any atom is 0.449 e. The molecule has 2 rings (SSSR count). The zero-order chi connectivity index (χ0) is 15.1. The van der Waals surface area contributed by atoms with E-state index in [1.165, 1.54) is 10.6 Å². The number of imidazole rings is 1. The van der Waals surface area contributed by atoms with Crippen LogP contribution < -0.4 is 5.73 Å². The van der Waals surface area contributed by atoms with Crippen molar-refractivity contribution in [2.45, 2.75) is 45.3 Å². The van der Waals surface area contributed by atoms with E-state index in [0.717, 1.165) is 0 Å². The van der Waals surface area contributed by atoms with Gasteiger partial charge >= 0.3 is 6.18 Å². The summed E-state index contributed by atoms with van der Waals surface area (Å²) in [5, 5.41) is 0. The Hall–Kier alpha value is -1.72. The summed E-state index contributed by atoms with van der Waals surface area (Å²) in [4.78, 5) is 3.76. The van der Waals surface area contributed by atoms with E-state index in [2.05, 4.69) is 4.98 Å². The molecule has 0 fully saturated rings. The minimum Gasteiger partial charge on any atom is -0.399 e. The van der Waals surface area contributed by atoms with E-state index in [4.69, 9.17) is 5.73 Å². The Kier molecular flexibility index (Phi) is 3.44. The number of anilines is 1. The van der Waals surface area contributed by atoms with Crippen LogP contribution in [0, 0.1) is 0 Å². The highest BCUT2D eigenvalue weighted by Crippen LogP contribution is 2.38. The molecule has 110 valence electrons. The lowest BCUT2D eigenvalue weighted by atomic mass is 9.94. The minimum absolute atomic E-state index is 0.283. The second-order valence-corrected chi connectivity index (χ2v) is 5.22. The van der Waals surface area contributed by atoms with Crippen LogP contribution in [0.2, 0.25) is 0 Å². The Morgan fingerprint density at radius 2 is 1.80 bits per heavy atom. The van der Waals surface area contributed by atoms with Crippen molar-refractivity contribution in [1.29, 1.82) is 0 Å². The zero-order valence-corrected chi connectivity index (χ0v) is 11.8. The first-order valence-corrected chi connectivity index (χ1v) is 6.58. The third-order valence-electron chi connectivity index (χ3n) is 4.00. The van der Waals surface area contributed by atoms with Gasteiger partial charge in [-0.3, -0.25) is 0 Å². The first kappa shape index (κ1) is 14.7. The lowest BCUT2D eigenvalue weighted by molar-refractivity contribution is -0.149. The Labute approximate surface area is 115 Å². The average molecular weight is 285 g/mol. The number of fused-ring (bicyclic) bond motifs is 1. The van der Waals surface area contributed by atoms with Gasteiger partial charge in [0.15, 0.2) is 0 Å². The molecule has 3 nitrogen and oxygen atoms in total. The molecule has 2 aromatic rings. The number of rotatable bonds is 3. The van der Waals surface area contributed by atoms with Crippen LogP contribution >= 0.6 is 0 Å². The molecule has 0 aliphatic rings. The monoisotopic (exact) mass is 285 g/mol. The SMILES string of the molecule is CCC(C)(CC)n1c(C(F)(F)F)nc2cc(N)ccc21. The molecule has 1 aromatic heterocycles. The van der Waals surface area contributed by atoms with Crippen molar-refractivity contribution >= 4 is 16.7 Å². The van der Waals surface area contributed by atoms with Gasteiger partial charge in [-0.2, -0.15) is 13.2 Å². The highest BCUT2D eigenvalue weighted by atomic mass is 19.4. The summed E-state index contributed by atoms with van der Waals surface area (Å²) in [6, 6.07) is 4.69. The number of halogens is 3. The van der Waals surface area contributed by atoms with Crippen molar-refractivity contribution in [2.24, 2.45) is 0 Å². The number of hydrogen-bond donors (Lipinski definition) is 1. The molecule has 0 radical (unpaired) electrons. The molecule has 0 saturated heterocycles. The lowest BCUT2D eigenvalue weighted by Gasteiger charge is -2.31. The summed E-state index contributed by atoms with van der Waals surface area (Å²) in [5.41, 5.74) is 6.17. The molecule has 0 amide bonds. The Balaban J connectivity index is 2.84. The van der Waals surface area contributed by atoms with E-state index < -0.39 is 17.5 Å². The van der Waals surface area contributed by atoms with E-state index in [1.807, 2.05) is 20.8 Å². The highest BCUT2D eigenvalue weighted by molar-refractivity contribution is 5.80. The van der Waals surface area contributed by atoms with E-state index >= 15 is 0 Å². The highest BCUT2D eigenvalue weighted by Gasteiger charge is 2.41. The standard InChI is InChI=1S/C14H18F3N3/c1-4-13(3,5-2)20-11-7-6-9(18)8-10(11)19-12(20)14(15,16)17/h6-8H,4-5,18H2,1-3H3. The molecule has 6 heteroatoms. The molecule has 0 unspecified atom stereocenters. The summed E-state index contributed by atoms with van der Waals surface area (Å²) in [6.45, 7) is 5.58. The van der Waals surface area contributed by atoms with Gasteiger partial charge < -0.3 is 10.3 Å². The topological polar surface area (TPSA) is 43.8 Å². The van der Waals surface area contributed by atoms with Crippen LogP contribution in [0.5, 0.6) is 0 Å². The second-order valence-electron chi connectivity index (χ2n) is 5.22. The summed E-state index contributed by atoms with van der Waals surface area (Å²) in [7, 11) is 0. The molecule has 0 aliphatic carbocycles. The average Bonchev–Trinajstić information content (AvgIpc) is 2.76. The van der Waals surface area contributed by atoms with Crippen molar-refractivity contribution in [3.05, 3.63) is 24.0 Å². The maximum atomic E-state index is 13.3. The summed E-state index contributed by atoms with van der Waals surface area (Å²) < 4.78 is 41.1. The molecular formula is C14H18F3N3. The van der Waals surface area contributed by atoms with Gasteiger partial charge in [-0.1, -0.05) is 13.8 Å². The molecule has 1 aromatic carbocycles. The zero-order valence-electron chi connectivity index (χ0n) is 11.8. The fourth-order valence-corrected chi connectivity index (χ4v) is 2.40. The van der Waals surface area contributed by atoms with E-state index in [9.17, 15) is 13.2 Å². The van der Waals surface area contributed by atoms with Crippen molar-refractivity contribution in [1.82, 2.24) is 9.55 Å². The fourth-order valence-electron chi connectivity index (χ4n) is 2.40. The number of nitrogen functional groups attached to an aromatic ring is 1. The third-order valence-corrected chi connectivity index (χ3v) is 4.00. The predicted octanol–water partition coefficient (Wildman–Crippen LogP) is 4.17. The van der Waals surface area contributed by atoms with Crippen LogP contribution in [-0.2, 0) is 11.7 Å². The minimum atomic E-state index is -4.49. The summed E-state index contributed by atoms with van der Waals surface area (Å²) in [5.74, 6) is -0.857. The molecular weight excluding hydrogens is 267 g/mol. The van der Waals surface area contributed by atoms with Crippen molar-refractivity contribution in [3.8, 4) is 0 Å². The van der Waals surface area contributed by atoms with E-state index in [0.29, 0.717) is 24.0 Å². The molecule has 0 atom stereocenters. The molecule has 0 saturated carbocycles. The fraction of sp³-hybridized carbons (Fsp3) is 0.500. The number of nitrogens with zero attached hydrogens (tertiary/aromatic N) is 2.